The van der Waals surface area contributed by atoms with Gasteiger partial charge in [0, 0.05) is 6.42 Å². The van der Waals surface area contributed by atoms with Gasteiger partial charge in [0.25, 0.3) is 0 Å². The number of carbonyl (C=O) groups is 2. The lowest BCUT2D eigenvalue weighted by Crippen LogP contribution is -2.42. The summed E-state index contributed by atoms with van der Waals surface area (Å²) in [5.74, 6) is -1.41. The number of esters is 2. The fourth-order valence-corrected chi connectivity index (χ4v) is 2.36. The molecule has 0 spiro atoms. The fraction of sp³-hybridized carbons (Fsp3) is 0.889. The molecular weight excluding hydrogens is 294 g/mol. The molecule has 0 heterocycles. The lowest BCUT2D eigenvalue weighted by molar-refractivity contribution is -0.162. The largest absolute Gasteiger partial charge is 0.392 e. The van der Waals surface area contributed by atoms with Gasteiger partial charge in [-0.05, 0) is 13.3 Å². The molecule has 0 aromatic carbocycles. The number of nitrogens with two attached hydrogens (primary N) is 1. The molecule has 0 saturated carbocycles. The zero-order valence-corrected chi connectivity index (χ0v) is 14.9. The standard InChI is InChI=1S/C18H35NO4/c1-3-4-5-6-7-8-9-10-11-12-13-14-16(21)23-18(22)17(19)15(2)20/h15,17,20H,3-14,19H2,1-2H3/t15-,17+/m1/s1. The zero-order chi connectivity index (χ0) is 17.5. The Morgan fingerprint density at radius 2 is 1.35 bits per heavy atom. The summed E-state index contributed by atoms with van der Waals surface area (Å²) in [6, 6.07) is -1.16. The van der Waals surface area contributed by atoms with Gasteiger partial charge in [0.05, 0.1) is 6.10 Å². The maximum Gasteiger partial charge on any atom is 0.333 e. The number of hydrogen-bond donors (Lipinski definition) is 2. The van der Waals surface area contributed by atoms with Crippen molar-refractivity contribution in [2.24, 2.45) is 5.73 Å². The average molecular weight is 329 g/mol. The third-order valence-electron chi connectivity index (χ3n) is 3.99. The van der Waals surface area contributed by atoms with Crippen LogP contribution in [-0.4, -0.2) is 29.2 Å². The minimum atomic E-state index is -1.16. The number of unbranched alkanes of at least 4 members (excludes halogenated alkanes) is 10. The van der Waals surface area contributed by atoms with Crippen molar-refractivity contribution in [1.29, 1.82) is 0 Å². The van der Waals surface area contributed by atoms with E-state index in [0.717, 1.165) is 19.3 Å². The van der Waals surface area contributed by atoms with Crippen LogP contribution in [-0.2, 0) is 14.3 Å². The maximum atomic E-state index is 11.5. The van der Waals surface area contributed by atoms with Crippen LogP contribution in [0, 0.1) is 0 Å². The van der Waals surface area contributed by atoms with Crippen molar-refractivity contribution in [2.75, 3.05) is 0 Å². The summed E-state index contributed by atoms with van der Waals surface area (Å²) in [6.45, 7) is 3.62. The van der Waals surface area contributed by atoms with Crippen LogP contribution in [0.3, 0.4) is 0 Å². The van der Waals surface area contributed by atoms with E-state index in [1.165, 1.54) is 58.3 Å². The first kappa shape index (κ1) is 22.1. The Balaban J connectivity index is 3.41. The van der Waals surface area contributed by atoms with Crippen molar-refractivity contribution in [3.05, 3.63) is 0 Å². The molecule has 0 amide bonds. The first-order valence-corrected chi connectivity index (χ1v) is 9.17. The molecule has 2 atom stereocenters. The SMILES string of the molecule is CCCCCCCCCCCCCC(=O)OC(=O)[C@@H](N)[C@@H](C)O. The minimum Gasteiger partial charge on any atom is -0.392 e. The molecule has 5 nitrogen and oxygen atoms in total. The van der Waals surface area contributed by atoms with Gasteiger partial charge in [-0.15, -0.1) is 0 Å². The Morgan fingerprint density at radius 3 is 1.78 bits per heavy atom. The second-order valence-corrected chi connectivity index (χ2v) is 6.35. The Hall–Kier alpha value is -0.940. The highest BCUT2D eigenvalue weighted by Gasteiger charge is 2.22. The summed E-state index contributed by atoms with van der Waals surface area (Å²) < 4.78 is 4.60. The van der Waals surface area contributed by atoms with Crippen LogP contribution in [0.15, 0.2) is 0 Å². The van der Waals surface area contributed by atoms with Gasteiger partial charge in [-0.2, -0.15) is 0 Å². The van der Waals surface area contributed by atoms with Crippen molar-refractivity contribution < 1.29 is 19.4 Å². The third kappa shape index (κ3) is 13.2. The Morgan fingerprint density at radius 1 is 0.913 bits per heavy atom. The van der Waals surface area contributed by atoms with Crippen LogP contribution in [0.2, 0.25) is 0 Å². The Bertz CT molecular complexity index is 318. The van der Waals surface area contributed by atoms with Gasteiger partial charge in [0.2, 0.25) is 0 Å². The molecular formula is C18H35NO4. The zero-order valence-electron chi connectivity index (χ0n) is 14.9. The third-order valence-corrected chi connectivity index (χ3v) is 3.99. The van der Waals surface area contributed by atoms with Crippen LogP contribution in [0.5, 0.6) is 0 Å². The smallest absolute Gasteiger partial charge is 0.333 e. The van der Waals surface area contributed by atoms with E-state index in [9.17, 15) is 9.59 Å². The maximum absolute atomic E-state index is 11.5. The molecule has 136 valence electrons. The summed E-state index contributed by atoms with van der Waals surface area (Å²) in [7, 11) is 0. The quantitative estimate of drug-likeness (QED) is 0.289. The van der Waals surface area contributed by atoms with Crippen LogP contribution in [0.4, 0.5) is 0 Å². The number of rotatable bonds is 14. The molecule has 5 heteroatoms. The highest BCUT2D eigenvalue weighted by Crippen LogP contribution is 2.12. The summed E-state index contributed by atoms with van der Waals surface area (Å²) in [6.07, 6.45) is 12.5. The van der Waals surface area contributed by atoms with Gasteiger partial charge in [0.1, 0.15) is 6.04 Å². The van der Waals surface area contributed by atoms with Crippen molar-refractivity contribution in [3.8, 4) is 0 Å². The highest BCUT2D eigenvalue weighted by atomic mass is 16.6. The minimum absolute atomic E-state index is 0.231. The second-order valence-electron chi connectivity index (χ2n) is 6.35. The predicted molar refractivity (Wildman–Crippen MR) is 91.8 cm³/mol. The molecule has 0 aliphatic carbocycles. The molecule has 23 heavy (non-hydrogen) atoms. The molecule has 0 rings (SSSR count). The van der Waals surface area contributed by atoms with E-state index in [2.05, 4.69) is 11.7 Å². The molecule has 0 aliphatic rings. The second kappa shape index (κ2) is 14.6. The molecule has 0 aromatic heterocycles. The van der Waals surface area contributed by atoms with Gasteiger partial charge < -0.3 is 15.6 Å². The topological polar surface area (TPSA) is 89.6 Å². The average Bonchev–Trinajstić information content (AvgIpc) is 2.51. The van der Waals surface area contributed by atoms with Crippen LogP contribution >= 0.6 is 0 Å². The summed E-state index contributed by atoms with van der Waals surface area (Å²) >= 11 is 0. The summed E-state index contributed by atoms with van der Waals surface area (Å²) in [5.41, 5.74) is 5.39. The van der Waals surface area contributed by atoms with Crippen molar-refractivity contribution in [1.82, 2.24) is 0 Å². The van der Waals surface area contributed by atoms with E-state index < -0.39 is 24.1 Å². The van der Waals surface area contributed by atoms with Crippen molar-refractivity contribution in [2.45, 2.75) is 103 Å². The van der Waals surface area contributed by atoms with Gasteiger partial charge in [-0.25, -0.2) is 4.79 Å². The van der Waals surface area contributed by atoms with E-state index in [0.29, 0.717) is 0 Å². The number of hydrogen-bond acceptors (Lipinski definition) is 5. The summed E-state index contributed by atoms with van der Waals surface area (Å²) in [5, 5.41) is 9.14. The molecule has 3 N–H and O–H groups in total. The Kier molecular flexibility index (Phi) is 14.0. The molecule has 0 saturated heterocycles. The van der Waals surface area contributed by atoms with E-state index >= 15 is 0 Å². The molecule has 0 aliphatic heterocycles. The molecule has 0 unspecified atom stereocenters. The molecule has 0 fully saturated rings. The predicted octanol–water partition coefficient (Wildman–Crippen LogP) is 3.47. The lowest BCUT2D eigenvalue weighted by Gasteiger charge is -2.12. The van der Waals surface area contributed by atoms with Crippen molar-refractivity contribution in [3.63, 3.8) is 0 Å². The van der Waals surface area contributed by atoms with Crippen LogP contribution < -0.4 is 5.73 Å². The first-order valence-electron chi connectivity index (χ1n) is 9.17. The monoisotopic (exact) mass is 329 g/mol. The van der Waals surface area contributed by atoms with Gasteiger partial charge in [0.15, 0.2) is 0 Å². The molecule has 0 aromatic rings. The number of aliphatic hydroxyl groups excluding tert-OH is 1. The number of ether oxygens (including phenoxy) is 1. The normalized spacial score (nSPS) is 13.6. The first-order chi connectivity index (χ1) is 11.0. The van der Waals surface area contributed by atoms with E-state index in [1.54, 1.807) is 0 Å². The summed E-state index contributed by atoms with van der Waals surface area (Å²) in [4.78, 5) is 22.8. The fourth-order valence-electron chi connectivity index (χ4n) is 2.36. The number of aliphatic hydroxyl groups is 1. The number of carbonyl (C=O) groups excluding carboxylic acids is 2. The van der Waals surface area contributed by atoms with Gasteiger partial charge in [-0.1, -0.05) is 71.1 Å². The van der Waals surface area contributed by atoms with Gasteiger partial charge in [-0.3, -0.25) is 4.79 Å². The van der Waals surface area contributed by atoms with E-state index in [4.69, 9.17) is 10.8 Å². The van der Waals surface area contributed by atoms with Crippen LogP contribution in [0.1, 0.15) is 90.9 Å². The molecule has 0 bridgehead atoms. The molecule has 0 radical (unpaired) electrons. The van der Waals surface area contributed by atoms with Crippen LogP contribution in [0.25, 0.3) is 0 Å². The Labute approximate surface area is 141 Å². The highest BCUT2D eigenvalue weighted by molar-refractivity contribution is 5.88. The van der Waals surface area contributed by atoms with E-state index in [-0.39, 0.29) is 6.42 Å². The van der Waals surface area contributed by atoms with Gasteiger partial charge >= 0.3 is 11.9 Å². The van der Waals surface area contributed by atoms with Crippen molar-refractivity contribution >= 4 is 11.9 Å². The van der Waals surface area contributed by atoms with E-state index in [1.807, 2.05) is 0 Å². The lowest BCUT2D eigenvalue weighted by atomic mass is 10.1.